The Balaban J connectivity index is 0.951. The van der Waals surface area contributed by atoms with Crippen molar-refractivity contribution in [2.24, 2.45) is 32.6 Å². The van der Waals surface area contributed by atoms with E-state index < -0.39 is 40.1 Å². The Labute approximate surface area is 400 Å². The minimum absolute atomic E-state index is 0.0454. The minimum Gasteiger partial charge on any atom is -0.469 e. The van der Waals surface area contributed by atoms with Crippen LogP contribution in [0.25, 0.3) is 27.8 Å². The van der Waals surface area contributed by atoms with E-state index in [0.717, 1.165) is 59.2 Å². The van der Waals surface area contributed by atoms with Crippen LogP contribution in [0.15, 0.2) is 75.1 Å². The molecule has 3 fully saturated rings. The van der Waals surface area contributed by atoms with Crippen molar-refractivity contribution in [1.82, 2.24) is 15.1 Å². The van der Waals surface area contributed by atoms with Gasteiger partial charge in [0.15, 0.2) is 0 Å². The maximum absolute atomic E-state index is 14.0. The molecule has 6 aliphatic rings. The lowest BCUT2D eigenvalue weighted by atomic mass is 9.82. The molecule has 9 rings (SSSR count). The number of nitrogens with zero attached hydrogens (tertiary/aromatic N) is 4. The number of hydrogen-bond acceptors (Lipinski definition) is 10. The highest BCUT2D eigenvalue weighted by Gasteiger charge is 2.44. The minimum atomic E-state index is -4.07. The molecule has 1 saturated carbocycles. The number of likely N-dealkylation sites (tertiary alicyclic amines) is 2. The fraction of sp³-hybridized carbons (Fsp3) is 0.509. The van der Waals surface area contributed by atoms with Crippen LogP contribution in [-0.2, 0) is 46.7 Å². The van der Waals surface area contributed by atoms with Crippen LogP contribution in [0.1, 0.15) is 109 Å². The molecule has 0 aromatic heterocycles. The number of benzene rings is 3. The lowest BCUT2D eigenvalue weighted by Gasteiger charge is -2.32. The van der Waals surface area contributed by atoms with Gasteiger partial charge in [-0.1, -0.05) is 83.0 Å². The Morgan fingerprint density at radius 3 is 2.03 bits per heavy atom. The van der Waals surface area contributed by atoms with Gasteiger partial charge in [-0.15, -0.1) is 4.40 Å². The van der Waals surface area contributed by atoms with E-state index in [1.165, 1.54) is 56.6 Å². The van der Waals surface area contributed by atoms with Gasteiger partial charge in [0.05, 0.1) is 44.3 Å². The number of amides is 3. The van der Waals surface area contributed by atoms with Gasteiger partial charge in [0.2, 0.25) is 11.8 Å². The zero-order valence-corrected chi connectivity index (χ0v) is 40.9. The molecule has 14 nitrogen and oxygen atoms in total. The van der Waals surface area contributed by atoms with Crippen LogP contribution < -0.4 is 10.6 Å². The van der Waals surface area contributed by atoms with E-state index in [1.807, 2.05) is 50.9 Å². The van der Waals surface area contributed by atoms with Crippen LogP contribution >= 0.6 is 0 Å². The van der Waals surface area contributed by atoms with E-state index in [1.54, 1.807) is 11.0 Å². The van der Waals surface area contributed by atoms with E-state index in [2.05, 4.69) is 51.4 Å². The number of hydrogen-bond donors (Lipinski definition) is 2. The van der Waals surface area contributed by atoms with Crippen LogP contribution in [0.2, 0.25) is 0 Å². The summed E-state index contributed by atoms with van der Waals surface area (Å²) in [6.07, 6.45) is 11.6. The summed E-state index contributed by atoms with van der Waals surface area (Å²) < 4.78 is 41.6. The number of carbonyl (C=O) groups excluding carboxylic acids is 4. The van der Waals surface area contributed by atoms with Gasteiger partial charge < -0.3 is 29.9 Å². The number of allylic oxidation sites excluding steroid dienone is 1. The SMILES string of the molecule is COC(=O)C[C@H](C(=O)N1CCCC1C1=NS(=O)(=O)c2ccc(-c3ccc(-c4ccc(C5=CN=C([C@@H]6CCCN6C(=O)[C@@H](NC(=O)OC)C(C)C)C5)cc4)c4c3CC3(CCCC3)C4)cc2N1)C(C)C. The topological polar surface area (TPSA) is 176 Å². The molecule has 0 radical (unpaired) electrons. The Morgan fingerprint density at radius 1 is 0.779 bits per heavy atom. The normalized spacial score (nSPS) is 22.0. The van der Waals surface area contributed by atoms with Crippen molar-refractivity contribution < 1.29 is 37.1 Å². The number of alkyl carbamates (subject to hydrolysis) is 1. The number of anilines is 1. The van der Waals surface area contributed by atoms with Gasteiger partial charge >= 0.3 is 12.1 Å². The molecule has 4 aliphatic heterocycles. The summed E-state index contributed by atoms with van der Waals surface area (Å²) in [5.41, 5.74) is 10.8. The van der Waals surface area contributed by atoms with Crippen molar-refractivity contribution in [3.8, 4) is 22.3 Å². The van der Waals surface area contributed by atoms with E-state index in [-0.39, 0.29) is 52.3 Å². The molecule has 4 atom stereocenters. The molecule has 15 heteroatoms. The molecular formula is C53H64N6O8S. The van der Waals surface area contributed by atoms with Crippen molar-refractivity contribution in [2.45, 2.75) is 128 Å². The Morgan fingerprint density at radius 2 is 1.40 bits per heavy atom. The fourth-order valence-corrected chi connectivity index (χ4v) is 12.9. The number of fused-ring (bicyclic) bond motifs is 2. The molecule has 4 heterocycles. The van der Waals surface area contributed by atoms with Crippen LogP contribution in [-0.4, -0.2) is 99.1 Å². The molecule has 2 aliphatic carbocycles. The van der Waals surface area contributed by atoms with Gasteiger partial charge in [-0.25, -0.2) is 4.79 Å². The largest absolute Gasteiger partial charge is 0.469 e. The first-order valence-corrected chi connectivity index (χ1v) is 25.8. The zero-order valence-electron chi connectivity index (χ0n) is 40.1. The zero-order chi connectivity index (χ0) is 48.1. The van der Waals surface area contributed by atoms with E-state index in [0.29, 0.717) is 38.0 Å². The molecule has 3 aromatic rings. The standard InChI is InChI=1S/C53H64N6O8S/c1-31(2)39(27-47(60)66-5)50(61)59-24-10-12-45(59)49-55-43-25-35(17-20-46(43)68(64,65)57-49)38-19-18-37(40-28-53(29-41(38)40)21-7-8-22-53)34-15-13-33(14-16-34)36-26-42(54-30-36)44-11-9-23-58(44)51(62)48(32(3)4)56-52(63)67-6/h13-20,25,30-32,39,44-45,48H,7-12,21-24,26-29H2,1-6H3,(H,55,57)(H,56,63)/t39-,44-,45?,48-/m0/s1. The maximum Gasteiger partial charge on any atom is 0.407 e. The second-order valence-corrected chi connectivity index (χ2v) is 21.9. The number of ether oxygens (including phenoxy) is 2. The molecule has 68 heavy (non-hydrogen) atoms. The molecule has 1 unspecified atom stereocenters. The average molecular weight is 945 g/mol. The van der Waals surface area contributed by atoms with Gasteiger partial charge in [0.25, 0.3) is 10.0 Å². The Bertz CT molecular complexity index is 2720. The van der Waals surface area contributed by atoms with Gasteiger partial charge in [-0.05, 0) is 125 Å². The summed E-state index contributed by atoms with van der Waals surface area (Å²) in [4.78, 5) is 60.6. The van der Waals surface area contributed by atoms with Crippen LogP contribution in [0.4, 0.5) is 10.5 Å². The number of rotatable bonds is 12. The molecule has 0 bridgehead atoms. The summed E-state index contributed by atoms with van der Waals surface area (Å²) >= 11 is 0. The number of sulfonamides is 1. The molecule has 3 aromatic carbocycles. The third-order valence-corrected chi connectivity index (χ3v) is 16.8. The number of nitrogens with one attached hydrogen (secondary N) is 2. The number of methoxy groups -OCH3 is 2. The fourth-order valence-electron chi connectivity index (χ4n) is 11.8. The highest BCUT2D eigenvalue weighted by atomic mass is 32.2. The van der Waals surface area contributed by atoms with Gasteiger partial charge in [-0.3, -0.25) is 19.4 Å². The predicted octanol–water partition coefficient (Wildman–Crippen LogP) is 8.58. The van der Waals surface area contributed by atoms with Crippen molar-refractivity contribution in [3.63, 3.8) is 0 Å². The van der Waals surface area contributed by atoms with Crippen LogP contribution in [0.3, 0.4) is 0 Å². The molecule has 3 amide bonds. The third kappa shape index (κ3) is 8.98. The van der Waals surface area contributed by atoms with Crippen molar-refractivity contribution >= 4 is 56.7 Å². The van der Waals surface area contributed by atoms with Crippen LogP contribution in [0, 0.1) is 23.2 Å². The first kappa shape index (κ1) is 47.2. The summed E-state index contributed by atoms with van der Waals surface area (Å²) in [6.45, 7) is 8.70. The number of aliphatic imine (C=N–C) groups is 1. The number of amidine groups is 1. The second kappa shape index (κ2) is 18.9. The summed E-state index contributed by atoms with van der Waals surface area (Å²) in [6, 6.07) is 17.2. The number of carbonyl (C=O) groups is 4. The van der Waals surface area contributed by atoms with Gasteiger partial charge in [-0.2, -0.15) is 8.42 Å². The molecular weight excluding hydrogens is 881 g/mol. The summed E-state index contributed by atoms with van der Waals surface area (Å²) in [5.74, 6) is -1.36. The molecule has 2 N–H and O–H groups in total. The summed E-state index contributed by atoms with van der Waals surface area (Å²) in [5, 5.41) is 6.11. The van der Waals surface area contributed by atoms with E-state index in [9.17, 15) is 27.6 Å². The van der Waals surface area contributed by atoms with Crippen molar-refractivity contribution in [1.29, 1.82) is 0 Å². The molecule has 360 valence electrons. The third-order valence-electron chi connectivity index (χ3n) is 15.5. The second-order valence-electron chi connectivity index (χ2n) is 20.4. The van der Waals surface area contributed by atoms with Gasteiger partial charge in [0, 0.05) is 31.4 Å². The van der Waals surface area contributed by atoms with Crippen molar-refractivity contribution in [2.75, 3.05) is 32.6 Å². The first-order valence-electron chi connectivity index (χ1n) is 24.4. The smallest absolute Gasteiger partial charge is 0.407 e. The highest BCUT2D eigenvalue weighted by molar-refractivity contribution is 7.90. The number of esters is 1. The van der Waals surface area contributed by atoms with Crippen molar-refractivity contribution in [3.05, 3.63) is 77.5 Å². The average Bonchev–Trinajstić information content (AvgIpc) is 4.19. The van der Waals surface area contributed by atoms with E-state index in [4.69, 9.17) is 14.5 Å². The van der Waals surface area contributed by atoms with E-state index >= 15 is 0 Å². The maximum atomic E-state index is 14.0. The van der Waals surface area contributed by atoms with Gasteiger partial charge in [0.1, 0.15) is 16.8 Å². The lowest BCUT2D eigenvalue weighted by Crippen LogP contribution is -2.53. The Hall–Kier alpha value is -5.83. The lowest BCUT2D eigenvalue weighted by molar-refractivity contribution is -0.148. The molecule has 1 spiro atoms. The first-order chi connectivity index (χ1) is 32.6. The monoisotopic (exact) mass is 944 g/mol. The Kier molecular flexibility index (Phi) is 13.2. The summed E-state index contributed by atoms with van der Waals surface area (Å²) in [7, 11) is -1.46. The quantitative estimate of drug-likeness (QED) is 0.169. The van der Waals surface area contributed by atoms with Crippen LogP contribution in [0.5, 0.6) is 0 Å². The molecule has 2 saturated heterocycles. The predicted molar refractivity (Wildman–Crippen MR) is 262 cm³/mol. The highest BCUT2D eigenvalue weighted by Crippen LogP contribution is 2.53.